The molecule has 0 radical (unpaired) electrons. The number of rotatable bonds is 12. The average Bonchev–Trinajstić information content (AvgIpc) is 3.76. The predicted molar refractivity (Wildman–Crippen MR) is 188 cm³/mol. The third kappa shape index (κ3) is 6.81. The van der Waals surface area contributed by atoms with E-state index < -0.39 is 27.1 Å². The number of anilines is 1. The average molecular weight is 708 g/mol. The summed E-state index contributed by atoms with van der Waals surface area (Å²) in [7, 11) is -4.06. The van der Waals surface area contributed by atoms with E-state index in [-0.39, 0.29) is 49.2 Å². The molecule has 3 aromatic rings. The summed E-state index contributed by atoms with van der Waals surface area (Å²) in [6, 6.07) is 12.4. The summed E-state index contributed by atoms with van der Waals surface area (Å²) in [5.74, 6) is 0.639. The van der Waals surface area contributed by atoms with E-state index in [4.69, 9.17) is 14.3 Å². The van der Waals surface area contributed by atoms with Gasteiger partial charge in [-0.25, -0.2) is 12.8 Å². The molecule has 1 aliphatic carbocycles. The maximum atomic E-state index is 15.5. The molecule has 2 amide bonds. The van der Waals surface area contributed by atoms with Crippen molar-refractivity contribution in [3.05, 3.63) is 64.9 Å². The number of hydrogen-bond donors (Lipinski definition) is 1. The molecule has 1 saturated carbocycles. The SMILES string of the molecule is CCCC1=N[C@@]2(CCCN(C(=O)C3(F)CCCC3)C2)C(=O)N1Cc1ccc(-c2ccccc2S(=O)(=O)Nc2noc(C)c2C)c(COCC)c1. The number of carbonyl (C=O) groups is 2. The summed E-state index contributed by atoms with van der Waals surface area (Å²) in [5.41, 5.74) is 0.376. The molecule has 6 rings (SSSR count). The number of aliphatic imine (C=N–C) groups is 1. The third-order valence-electron chi connectivity index (χ3n) is 10.1. The molecule has 50 heavy (non-hydrogen) atoms. The number of carbonyl (C=O) groups excluding carboxylic acids is 2. The van der Waals surface area contributed by atoms with Crippen LogP contribution in [0.25, 0.3) is 11.1 Å². The normalized spacial score (nSPS) is 20.5. The molecule has 13 heteroatoms. The van der Waals surface area contributed by atoms with E-state index in [0.717, 1.165) is 17.5 Å². The highest BCUT2D eigenvalue weighted by Crippen LogP contribution is 2.40. The molecule has 1 aromatic heterocycles. The summed E-state index contributed by atoms with van der Waals surface area (Å²) in [5, 5.41) is 3.87. The van der Waals surface area contributed by atoms with Gasteiger partial charge >= 0.3 is 0 Å². The number of ether oxygens (including phenoxy) is 1. The van der Waals surface area contributed by atoms with Gasteiger partial charge in [0.2, 0.25) is 0 Å². The number of sulfonamides is 1. The van der Waals surface area contributed by atoms with Gasteiger partial charge in [-0.3, -0.25) is 24.2 Å². The minimum atomic E-state index is -4.06. The van der Waals surface area contributed by atoms with Crippen LogP contribution in [0.15, 0.2) is 56.9 Å². The van der Waals surface area contributed by atoms with Gasteiger partial charge in [0.05, 0.1) is 24.6 Å². The lowest BCUT2D eigenvalue weighted by atomic mass is 9.87. The maximum Gasteiger partial charge on any atom is 0.263 e. The van der Waals surface area contributed by atoms with Gasteiger partial charge in [0.25, 0.3) is 21.8 Å². The van der Waals surface area contributed by atoms with Crippen molar-refractivity contribution < 1.29 is 31.7 Å². The summed E-state index contributed by atoms with van der Waals surface area (Å²) >= 11 is 0. The summed E-state index contributed by atoms with van der Waals surface area (Å²) < 4.78 is 56.5. The van der Waals surface area contributed by atoms with Gasteiger partial charge in [0.15, 0.2) is 17.0 Å². The first-order chi connectivity index (χ1) is 23.9. The first-order valence-corrected chi connectivity index (χ1v) is 19.0. The zero-order chi connectivity index (χ0) is 35.7. The number of halogens is 1. The molecule has 3 heterocycles. The maximum absolute atomic E-state index is 15.5. The van der Waals surface area contributed by atoms with Crippen molar-refractivity contribution in [3.8, 4) is 11.1 Å². The number of likely N-dealkylation sites (tertiary alicyclic amines) is 1. The number of piperidine rings is 1. The Labute approximate surface area is 293 Å². The molecule has 2 aliphatic heterocycles. The molecule has 1 atom stereocenters. The van der Waals surface area contributed by atoms with Crippen LogP contribution in [0.3, 0.4) is 0 Å². The molecule has 2 aromatic carbocycles. The number of benzene rings is 2. The van der Waals surface area contributed by atoms with E-state index in [1.54, 1.807) is 43.0 Å². The van der Waals surface area contributed by atoms with Crippen LogP contribution in [0, 0.1) is 13.8 Å². The fourth-order valence-corrected chi connectivity index (χ4v) is 8.63. The Bertz CT molecular complexity index is 1900. The minimum absolute atomic E-state index is 0.0728. The molecule has 2 fully saturated rings. The summed E-state index contributed by atoms with van der Waals surface area (Å²) in [6.07, 6.45) is 4.28. The number of nitrogens with zero attached hydrogens (tertiary/aromatic N) is 4. The fourth-order valence-electron chi connectivity index (χ4n) is 7.35. The van der Waals surface area contributed by atoms with Crippen molar-refractivity contribution in [1.29, 1.82) is 0 Å². The molecule has 0 unspecified atom stereocenters. The zero-order valence-electron chi connectivity index (χ0n) is 29.3. The van der Waals surface area contributed by atoms with Crippen molar-refractivity contribution in [3.63, 3.8) is 0 Å². The van der Waals surface area contributed by atoms with Crippen molar-refractivity contribution in [2.75, 3.05) is 24.4 Å². The van der Waals surface area contributed by atoms with E-state index in [2.05, 4.69) is 9.88 Å². The summed E-state index contributed by atoms with van der Waals surface area (Å²) in [6.45, 7) is 8.78. The highest BCUT2D eigenvalue weighted by atomic mass is 32.2. The lowest BCUT2D eigenvalue weighted by Crippen LogP contribution is -2.57. The quantitative estimate of drug-likeness (QED) is 0.228. The van der Waals surface area contributed by atoms with Crippen molar-refractivity contribution in [1.82, 2.24) is 15.0 Å². The molecule has 11 nitrogen and oxygen atoms in total. The van der Waals surface area contributed by atoms with Crippen molar-refractivity contribution >= 4 is 33.5 Å². The number of hydrogen-bond acceptors (Lipinski definition) is 8. The van der Waals surface area contributed by atoms with Crippen LogP contribution in [0.2, 0.25) is 0 Å². The van der Waals surface area contributed by atoms with Crippen LogP contribution >= 0.6 is 0 Å². The van der Waals surface area contributed by atoms with Crippen LogP contribution < -0.4 is 4.72 Å². The molecule has 1 spiro atoms. The smallest absolute Gasteiger partial charge is 0.263 e. The van der Waals surface area contributed by atoms with Crippen LogP contribution in [0.1, 0.15) is 87.7 Å². The third-order valence-corrected chi connectivity index (χ3v) is 11.5. The van der Waals surface area contributed by atoms with Gasteiger partial charge in [0.1, 0.15) is 11.6 Å². The van der Waals surface area contributed by atoms with Crippen LogP contribution in [0.5, 0.6) is 0 Å². The first-order valence-electron chi connectivity index (χ1n) is 17.5. The Hall–Kier alpha value is -4.10. The fraction of sp³-hybridized carbons (Fsp3) is 0.514. The van der Waals surface area contributed by atoms with E-state index in [9.17, 15) is 18.0 Å². The largest absolute Gasteiger partial charge is 0.377 e. The zero-order valence-corrected chi connectivity index (χ0v) is 30.1. The van der Waals surface area contributed by atoms with Gasteiger partial charge in [-0.1, -0.05) is 48.5 Å². The Morgan fingerprint density at radius 1 is 1.06 bits per heavy atom. The molecule has 3 aliphatic rings. The van der Waals surface area contributed by atoms with Gasteiger partial charge in [-0.05, 0) is 88.5 Å². The second kappa shape index (κ2) is 14.3. The first kappa shape index (κ1) is 35.7. The Balaban J connectivity index is 1.29. The Morgan fingerprint density at radius 3 is 2.52 bits per heavy atom. The molecule has 1 N–H and O–H groups in total. The highest BCUT2D eigenvalue weighted by Gasteiger charge is 2.53. The number of aryl methyl sites for hydroxylation is 1. The van der Waals surface area contributed by atoms with Gasteiger partial charge < -0.3 is 14.2 Å². The van der Waals surface area contributed by atoms with Gasteiger partial charge in [-0.2, -0.15) is 0 Å². The predicted octanol–water partition coefficient (Wildman–Crippen LogP) is 6.48. The highest BCUT2D eigenvalue weighted by molar-refractivity contribution is 7.92. The lowest BCUT2D eigenvalue weighted by Gasteiger charge is -2.39. The summed E-state index contributed by atoms with van der Waals surface area (Å²) in [4.78, 5) is 35.9. The molecule has 268 valence electrons. The van der Waals surface area contributed by atoms with Gasteiger partial charge in [-0.15, -0.1) is 0 Å². The van der Waals surface area contributed by atoms with Crippen LogP contribution in [-0.4, -0.2) is 71.9 Å². The van der Waals surface area contributed by atoms with Crippen LogP contribution in [0.4, 0.5) is 10.2 Å². The lowest BCUT2D eigenvalue weighted by molar-refractivity contribution is -0.148. The van der Waals surface area contributed by atoms with E-state index in [0.29, 0.717) is 73.5 Å². The van der Waals surface area contributed by atoms with Crippen LogP contribution in [-0.2, 0) is 37.5 Å². The topological polar surface area (TPSA) is 134 Å². The van der Waals surface area contributed by atoms with E-state index in [1.807, 2.05) is 32.0 Å². The Kier molecular flexibility index (Phi) is 10.2. The second-order valence-corrected chi connectivity index (χ2v) is 15.3. The monoisotopic (exact) mass is 707 g/mol. The Morgan fingerprint density at radius 2 is 1.82 bits per heavy atom. The van der Waals surface area contributed by atoms with E-state index in [1.165, 1.54) is 4.90 Å². The molecule has 1 saturated heterocycles. The minimum Gasteiger partial charge on any atom is -0.377 e. The second-order valence-electron chi connectivity index (χ2n) is 13.6. The van der Waals surface area contributed by atoms with Crippen molar-refractivity contribution in [2.45, 2.75) is 108 Å². The standard InChI is InChI=1S/C37H46FN5O6S/c1-5-12-32-39-37(19-11-20-42(24-37)34(44)36(38)17-9-10-18-36)35(45)43(32)22-27-15-16-29(28(21-27)23-48-6-2)30-13-7-8-14-31(30)50(46,47)41-33-25(3)26(4)49-40-33/h7-8,13-16,21H,5-6,9-12,17-20,22-24H2,1-4H3,(H,40,41)/t37-/m1/s1. The number of amidine groups is 1. The number of aromatic nitrogens is 1. The number of alkyl halides is 1. The number of amides is 2. The number of nitrogens with one attached hydrogen (secondary N) is 1. The molecular weight excluding hydrogens is 662 g/mol. The van der Waals surface area contributed by atoms with E-state index >= 15 is 4.39 Å². The molecule has 0 bridgehead atoms. The van der Waals surface area contributed by atoms with Gasteiger partial charge in [0, 0.05) is 30.7 Å². The molecular formula is C37H46FN5O6S. The van der Waals surface area contributed by atoms with Crippen molar-refractivity contribution in [2.24, 2.45) is 4.99 Å².